The van der Waals surface area contributed by atoms with Crippen LogP contribution in [0.5, 0.6) is 0 Å². The maximum atomic E-state index is 13.9. The summed E-state index contributed by atoms with van der Waals surface area (Å²) in [6, 6.07) is 8.35. The van der Waals surface area contributed by atoms with Gasteiger partial charge in [0.15, 0.2) is 5.82 Å². The number of aryl methyl sites for hydroxylation is 2. The quantitative estimate of drug-likeness (QED) is 0.674. The molecule has 0 bridgehead atoms. The van der Waals surface area contributed by atoms with Gasteiger partial charge in [-0.2, -0.15) is 5.10 Å². The molecule has 3 rings (SSSR count). The molecule has 0 saturated carbocycles. The fourth-order valence-corrected chi connectivity index (χ4v) is 2.90. The minimum absolute atomic E-state index is 0.0340. The fraction of sp³-hybridized carbons (Fsp3) is 0.211. The first-order valence-corrected chi connectivity index (χ1v) is 8.53. The summed E-state index contributed by atoms with van der Waals surface area (Å²) in [4.78, 5) is 18.4. The van der Waals surface area contributed by atoms with Crippen molar-refractivity contribution in [3.63, 3.8) is 0 Å². The molecule has 5 nitrogen and oxygen atoms in total. The molecule has 1 amide bonds. The Labute approximate surface area is 160 Å². The van der Waals surface area contributed by atoms with Crippen LogP contribution in [0.15, 0.2) is 36.4 Å². The van der Waals surface area contributed by atoms with E-state index in [1.807, 2.05) is 19.9 Å². The average molecular weight is 391 g/mol. The predicted octanol–water partition coefficient (Wildman–Crippen LogP) is 4.09. The number of amides is 1. The Morgan fingerprint density at radius 2 is 1.93 bits per heavy atom. The number of carbonyl (C=O) groups excluding carboxylic acids is 1. The number of hydrogen-bond acceptors (Lipinski definition) is 3. The number of benzene rings is 1. The lowest BCUT2D eigenvalue weighted by Gasteiger charge is -2.18. The van der Waals surface area contributed by atoms with Crippen molar-refractivity contribution in [2.24, 2.45) is 0 Å². The number of halogens is 3. The number of aromatic nitrogens is 3. The number of pyridine rings is 1. The highest BCUT2D eigenvalue weighted by Crippen LogP contribution is 2.20. The van der Waals surface area contributed by atoms with E-state index in [2.05, 4.69) is 10.1 Å². The Morgan fingerprint density at radius 1 is 1.19 bits per heavy atom. The summed E-state index contributed by atoms with van der Waals surface area (Å²) in [5, 5.41) is 4.52. The molecule has 27 heavy (non-hydrogen) atoms. The number of rotatable bonds is 4. The molecule has 0 fully saturated rings. The van der Waals surface area contributed by atoms with E-state index in [1.54, 1.807) is 16.8 Å². The highest BCUT2D eigenvalue weighted by molar-refractivity contribution is 6.33. The minimum atomic E-state index is -0.718. The Kier molecular flexibility index (Phi) is 5.23. The molecule has 0 aliphatic rings. The number of hydrogen-bond donors (Lipinski definition) is 0. The minimum Gasteiger partial charge on any atom is -0.336 e. The predicted molar refractivity (Wildman–Crippen MR) is 98.0 cm³/mol. The molecule has 0 unspecified atom stereocenters. The number of carbonyl (C=O) groups is 1. The van der Waals surface area contributed by atoms with Gasteiger partial charge in [0, 0.05) is 30.9 Å². The molecule has 0 radical (unpaired) electrons. The lowest BCUT2D eigenvalue weighted by molar-refractivity contribution is 0.0778. The average Bonchev–Trinajstić information content (AvgIpc) is 2.95. The molecule has 0 N–H and O–H groups in total. The second-order valence-electron chi connectivity index (χ2n) is 6.24. The van der Waals surface area contributed by atoms with Crippen LogP contribution in [0, 0.1) is 25.5 Å². The molecular formula is C19H17ClF2N4O. The first-order chi connectivity index (χ1) is 12.8. The van der Waals surface area contributed by atoms with E-state index in [9.17, 15) is 13.6 Å². The Morgan fingerprint density at radius 3 is 2.56 bits per heavy atom. The van der Waals surface area contributed by atoms with Crippen LogP contribution in [0.4, 0.5) is 8.78 Å². The van der Waals surface area contributed by atoms with E-state index in [1.165, 1.54) is 18.0 Å². The third-order valence-electron chi connectivity index (χ3n) is 4.03. The van der Waals surface area contributed by atoms with Crippen molar-refractivity contribution in [3.05, 3.63) is 75.7 Å². The lowest BCUT2D eigenvalue weighted by atomic mass is 10.2. The summed E-state index contributed by atoms with van der Waals surface area (Å²) in [5.74, 6) is -1.42. The van der Waals surface area contributed by atoms with Crippen LogP contribution in [0.25, 0.3) is 5.82 Å². The van der Waals surface area contributed by atoms with Gasteiger partial charge >= 0.3 is 0 Å². The summed E-state index contributed by atoms with van der Waals surface area (Å²) in [6.45, 7) is 3.69. The summed E-state index contributed by atoms with van der Waals surface area (Å²) < 4.78 is 28.5. The summed E-state index contributed by atoms with van der Waals surface area (Å²) >= 11 is 6.16. The SMILES string of the molecule is Cc1cc(C)n(-c2ccc(Cl)c(C(=O)N(C)Cc3ccc(F)cc3F)n2)n1. The van der Waals surface area contributed by atoms with E-state index in [0.29, 0.717) is 5.82 Å². The van der Waals surface area contributed by atoms with Crippen molar-refractivity contribution in [3.8, 4) is 5.82 Å². The third-order valence-corrected chi connectivity index (χ3v) is 4.33. The molecule has 1 aromatic carbocycles. The third kappa shape index (κ3) is 3.98. The Balaban J connectivity index is 1.89. The van der Waals surface area contributed by atoms with Gasteiger partial charge in [-0.3, -0.25) is 4.79 Å². The standard InChI is InChI=1S/C19H17ClF2N4O/c1-11-8-12(2)26(24-11)17-7-6-15(20)18(23-17)19(27)25(3)10-13-4-5-14(21)9-16(13)22/h4-9H,10H2,1-3H3. The van der Waals surface area contributed by atoms with E-state index >= 15 is 0 Å². The molecule has 0 aliphatic carbocycles. The van der Waals surface area contributed by atoms with Gasteiger partial charge in [-0.15, -0.1) is 0 Å². The molecular weight excluding hydrogens is 374 g/mol. The monoisotopic (exact) mass is 390 g/mol. The van der Waals surface area contributed by atoms with E-state index in [4.69, 9.17) is 11.6 Å². The summed E-state index contributed by atoms with van der Waals surface area (Å²) in [5.41, 5.74) is 1.91. The number of nitrogens with zero attached hydrogens (tertiary/aromatic N) is 4. The fourth-order valence-electron chi connectivity index (χ4n) is 2.72. The van der Waals surface area contributed by atoms with Gasteiger partial charge in [0.05, 0.1) is 10.7 Å². The smallest absolute Gasteiger partial charge is 0.274 e. The van der Waals surface area contributed by atoms with Gasteiger partial charge in [0.1, 0.15) is 17.3 Å². The second kappa shape index (κ2) is 7.44. The van der Waals surface area contributed by atoms with Gasteiger partial charge in [0.25, 0.3) is 5.91 Å². The first-order valence-electron chi connectivity index (χ1n) is 8.16. The van der Waals surface area contributed by atoms with Crippen molar-refractivity contribution in [1.82, 2.24) is 19.7 Å². The molecule has 0 saturated heterocycles. The molecule has 140 valence electrons. The molecule has 2 aromatic heterocycles. The molecule has 2 heterocycles. The van der Waals surface area contributed by atoms with Crippen molar-refractivity contribution >= 4 is 17.5 Å². The lowest BCUT2D eigenvalue weighted by Crippen LogP contribution is -2.28. The highest BCUT2D eigenvalue weighted by Gasteiger charge is 2.20. The summed E-state index contributed by atoms with van der Waals surface area (Å²) in [7, 11) is 1.50. The zero-order valence-corrected chi connectivity index (χ0v) is 15.8. The summed E-state index contributed by atoms with van der Waals surface area (Å²) in [6.07, 6.45) is 0. The van der Waals surface area contributed by atoms with Crippen molar-refractivity contribution in [2.45, 2.75) is 20.4 Å². The van der Waals surface area contributed by atoms with Crippen LogP contribution in [0.2, 0.25) is 5.02 Å². The van der Waals surface area contributed by atoms with Crippen LogP contribution in [0.3, 0.4) is 0 Å². The molecule has 8 heteroatoms. The van der Waals surface area contributed by atoms with Gasteiger partial charge in [-0.05, 0) is 38.1 Å². The first kappa shape index (κ1) is 19.0. The zero-order valence-electron chi connectivity index (χ0n) is 15.0. The highest BCUT2D eigenvalue weighted by atomic mass is 35.5. The van der Waals surface area contributed by atoms with Crippen molar-refractivity contribution in [2.75, 3.05) is 7.05 Å². The van der Waals surface area contributed by atoms with Gasteiger partial charge in [0.2, 0.25) is 0 Å². The maximum Gasteiger partial charge on any atom is 0.274 e. The van der Waals surface area contributed by atoms with E-state index < -0.39 is 17.5 Å². The van der Waals surface area contributed by atoms with Crippen LogP contribution >= 0.6 is 11.6 Å². The zero-order chi connectivity index (χ0) is 19.7. The molecule has 3 aromatic rings. The van der Waals surface area contributed by atoms with E-state index in [0.717, 1.165) is 23.5 Å². The van der Waals surface area contributed by atoms with Crippen molar-refractivity contribution < 1.29 is 13.6 Å². The topological polar surface area (TPSA) is 51.0 Å². The van der Waals surface area contributed by atoms with Gasteiger partial charge in [-0.25, -0.2) is 18.4 Å². The van der Waals surface area contributed by atoms with Crippen LogP contribution in [0.1, 0.15) is 27.4 Å². The second-order valence-corrected chi connectivity index (χ2v) is 6.64. The van der Waals surface area contributed by atoms with E-state index in [-0.39, 0.29) is 22.8 Å². The Bertz CT molecular complexity index is 1020. The van der Waals surface area contributed by atoms with Crippen LogP contribution in [-0.2, 0) is 6.54 Å². The molecule has 0 atom stereocenters. The maximum absolute atomic E-state index is 13.9. The Hall–Kier alpha value is -2.80. The van der Waals surface area contributed by atoms with Crippen LogP contribution in [-0.4, -0.2) is 32.6 Å². The van der Waals surface area contributed by atoms with Gasteiger partial charge in [-0.1, -0.05) is 17.7 Å². The molecule has 0 spiro atoms. The van der Waals surface area contributed by atoms with Crippen molar-refractivity contribution in [1.29, 1.82) is 0 Å². The largest absolute Gasteiger partial charge is 0.336 e. The normalized spacial score (nSPS) is 10.9. The van der Waals surface area contributed by atoms with Gasteiger partial charge < -0.3 is 4.90 Å². The molecule has 0 aliphatic heterocycles. The van der Waals surface area contributed by atoms with Crippen LogP contribution < -0.4 is 0 Å².